The Balaban J connectivity index is 1.80. The lowest BCUT2D eigenvalue weighted by Crippen LogP contribution is -2.12. The molecule has 0 aromatic carbocycles. The van der Waals surface area contributed by atoms with E-state index in [1.807, 2.05) is 0 Å². The first kappa shape index (κ1) is 18.4. The van der Waals surface area contributed by atoms with E-state index in [4.69, 9.17) is 20.9 Å². The minimum absolute atomic E-state index is 0.0168. The number of ether oxygens (including phenoxy) is 1. The molecule has 0 saturated carbocycles. The molecule has 3 heterocycles. The lowest BCUT2D eigenvalue weighted by Gasteiger charge is -2.04. The maximum Gasteiger partial charge on any atom is 0.360 e. The van der Waals surface area contributed by atoms with E-state index in [0.29, 0.717) is 9.90 Å². The second kappa shape index (κ2) is 7.44. The number of pyridine rings is 1. The van der Waals surface area contributed by atoms with Crippen molar-refractivity contribution in [2.75, 3.05) is 11.3 Å². The molecule has 3 aromatic rings. The Morgan fingerprint density at radius 2 is 2.15 bits per heavy atom. The number of anilines is 1. The lowest BCUT2D eigenvalue weighted by atomic mass is 10.3. The first-order valence-corrected chi connectivity index (χ1v) is 9.95. The molecule has 0 atom stereocenters. The van der Waals surface area contributed by atoms with Gasteiger partial charge in [0.05, 0.1) is 16.5 Å². The van der Waals surface area contributed by atoms with E-state index in [0.717, 1.165) is 11.3 Å². The van der Waals surface area contributed by atoms with Gasteiger partial charge in [-0.3, -0.25) is 4.72 Å². The van der Waals surface area contributed by atoms with Crippen molar-refractivity contribution >= 4 is 44.7 Å². The van der Waals surface area contributed by atoms with Gasteiger partial charge in [0.25, 0.3) is 10.0 Å². The van der Waals surface area contributed by atoms with Crippen molar-refractivity contribution in [3.05, 3.63) is 47.2 Å². The van der Waals surface area contributed by atoms with Crippen LogP contribution in [0.1, 0.15) is 17.4 Å². The van der Waals surface area contributed by atoms with Crippen molar-refractivity contribution in [1.29, 1.82) is 0 Å². The fourth-order valence-electron chi connectivity index (χ4n) is 1.91. The summed E-state index contributed by atoms with van der Waals surface area (Å²) in [5.41, 5.74) is 0.0168. The van der Waals surface area contributed by atoms with Crippen LogP contribution >= 0.6 is 22.9 Å². The predicted molar refractivity (Wildman–Crippen MR) is 95.8 cm³/mol. The molecule has 11 heteroatoms. The number of nitrogens with one attached hydrogen (secondary N) is 1. The number of thiophene rings is 1. The lowest BCUT2D eigenvalue weighted by molar-refractivity contribution is 0.0514. The number of carbonyl (C=O) groups excluding carboxylic acids is 1. The van der Waals surface area contributed by atoms with Crippen molar-refractivity contribution in [3.63, 3.8) is 0 Å². The van der Waals surface area contributed by atoms with Crippen LogP contribution in [0.2, 0.25) is 5.02 Å². The summed E-state index contributed by atoms with van der Waals surface area (Å²) in [7, 11) is -3.82. The fourth-order valence-corrected chi connectivity index (χ4v) is 4.29. The topological polar surface area (TPSA) is 111 Å². The first-order chi connectivity index (χ1) is 12.4. The Labute approximate surface area is 157 Å². The monoisotopic (exact) mass is 413 g/mol. The van der Waals surface area contributed by atoms with Crippen LogP contribution in [0.25, 0.3) is 10.6 Å². The maximum atomic E-state index is 12.4. The van der Waals surface area contributed by atoms with Gasteiger partial charge in [-0.25, -0.2) is 18.2 Å². The van der Waals surface area contributed by atoms with Gasteiger partial charge in [0, 0.05) is 12.3 Å². The number of carbonyl (C=O) groups is 1. The smallest absolute Gasteiger partial charge is 0.360 e. The van der Waals surface area contributed by atoms with E-state index in [1.165, 1.54) is 30.5 Å². The molecular formula is C15H12ClN3O5S2. The summed E-state index contributed by atoms with van der Waals surface area (Å²) in [6.45, 7) is 1.89. The van der Waals surface area contributed by atoms with Crippen LogP contribution in [0, 0.1) is 0 Å². The van der Waals surface area contributed by atoms with Crippen LogP contribution in [0.3, 0.4) is 0 Å². The van der Waals surface area contributed by atoms with E-state index >= 15 is 0 Å². The van der Waals surface area contributed by atoms with Crippen LogP contribution in [0.5, 0.6) is 0 Å². The van der Waals surface area contributed by atoms with Gasteiger partial charge in [0.15, 0.2) is 11.5 Å². The summed E-state index contributed by atoms with van der Waals surface area (Å²) in [5, 5.41) is 4.03. The van der Waals surface area contributed by atoms with Gasteiger partial charge in [-0.05, 0) is 31.2 Å². The van der Waals surface area contributed by atoms with Gasteiger partial charge < -0.3 is 9.26 Å². The highest BCUT2D eigenvalue weighted by Crippen LogP contribution is 2.32. The number of halogens is 1. The van der Waals surface area contributed by atoms with Crippen molar-refractivity contribution in [2.24, 2.45) is 0 Å². The Morgan fingerprint density at radius 1 is 1.35 bits per heavy atom. The third-order valence-electron chi connectivity index (χ3n) is 3.05. The molecule has 1 N–H and O–H groups in total. The van der Waals surface area contributed by atoms with E-state index in [2.05, 4.69) is 14.9 Å². The van der Waals surface area contributed by atoms with Crippen LogP contribution in [-0.2, 0) is 14.8 Å². The average molecular weight is 414 g/mol. The Kier molecular flexibility index (Phi) is 5.25. The van der Waals surface area contributed by atoms with Crippen molar-refractivity contribution in [2.45, 2.75) is 11.1 Å². The molecule has 0 radical (unpaired) electrons. The normalized spacial score (nSPS) is 11.3. The van der Waals surface area contributed by atoms with E-state index in [1.54, 1.807) is 13.0 Å². The van der Waals surface area contributed by atoms with Gasteiger partial charge in [-0.1, -0.05) is 16.8 Å². The number of aromatic nitrogens is 2. The summed E-state index contributed by atoms with van der Waals surface area (Å²) in [6, 6.07) is 7.36. The zero-order valence-electron chi connectivity index (χ0n) is 13.3. The molecule has 0 unspecified atom stereocenters. The van der Waals surface area contributed by atoms with Crippen LogP contribution in [0.4, 0.5) is 5.82 Å². The molecule has 0 aliphatic heterocycles. The Hall–Kier alpha value is -2.43. The van der Waals surface area contributed by atoms with E-state index in [9.17, 15) is 13.2 Å². The van der Waals surface area contributed by atoms with Crippen LogP contribution in [-0.4, -0.2) is 31.1 Å². The molecule has 0 aliphatic rings. The minimum Gasteiger partial charge on any atom is -0.461 e. The van der Waals surface area contributed by atoms with Gasteiger partial charge >= 0.3 is 5.97 Å². The molecule has 0 bridgehead atoms. The van der Waals surface area contributed by atoms with E-state index in [-0.39, 0.29) is 28.1 Å². The van der Waals surface area contributed by atoms with Crippen molar-refractivity contribution in [1.82, 2.24) is 10.1 Å². The second-order valence-corrected chi connectivity index (χ2v) is 8.31. The summed E-state index contributed by atoms with van der Waals surface area (Å²) in [5.74, 6) is -0.194. The molecule has 0 aliphatic carbocycles. The molecule has 136 valence electrons. The number of esters is 1. The first-order valence-electron chi connectivity index (χ1n) is 7.27. The highest BCUT2D eigenvalue weighted by molar-refractivity contribution is 7.94. The van der Waals surface area contributed by atoms with Gasteiger partial charge in [0.1, 0.15) is 10.0 Å². The summed E-state index contributed by atoms with van der Waals surface area (Å²) in [6.07, 6.45) is 1.34. The van der Waals surface area contributed by atoms with Crippen molar-refractivity contribution in [3.8, 4) is 10.6 Å². The number of sulfonamides is 1. The molecule has 0 spiro atoms. The number of hydrogen-bond acceptors (Lipinski definition) is 8. The minimum atomic E-state index is -3.82. The van der Waals surface area contributed by atoms with Crippen LogP contribution < -0.4 is 4.72 Å². The molecule has 3 aromatic heterocycles. The van der Waals surface area contributed by atoms with Gasteiger partial charge in [-0.15, -0.1) is 11.3 Å². The quantitative estimate of drug-likeness (QED) is 0.616. The summed E-state index contributed by atoms with van der Waals surface area (Å²) >= 11 is 6.69. The molecular weight excluding hydrogens is 402 g/mol. The fraction of sp³-hybridized carbons (Fsp3) is 0.133. The average Bonchev–Trinajstić information content (AvgIpc) is 3.26. The molecule has 3 rings (SSSR count). The zero-order valence-corrected chi connectivity index (χ0v) is 15.7. The maximum absolute atomic E-state index is 12.4. The zero-order chi connectivity index (χ0) is 18.7. The van der Waals surface area contributed by atoms with Crippen LogP contribution in [0.15, 0.2) is 45.3 Å². The summed E-state index contributed by atoms with van der Waals surface area (Å²) in [4.78, 5) is 16.0. The highest BCUT2D eigenvalue weighted by Gasteiger charge is 2.21. The molecule has 26 heavy (non-hydrogen) atoms. The largest absolute Gasteiger partial charge is 0.461 e. The Bertz CT molecular complexity index is 1030. The number of nitrogens with zero attached hydrogens (tertiary/aromatic N) is 2. The van der Waals surface area contributed by atoms with Gasteiger partial charge in [0.2, 0.25) is 0 Å². The van der Waals surface area contributed by atoms with E-state index < -0.39 is 16.0 Å². The number of hydrogen-bond donors (Lipinski definition) is 1. The SMILES string of the molecule is CCOC(=O)c1cc(-c2ccc(S(=O)(=O)Nc3ccc(Cl)cn3)s2)on1. The second-order valence-electron chi connectivity index (χ2n) is 4.88. The third kappa shape index (κ3) is 4.03. The molecule has 0 amide bonds. The Morgan fingerprint density at radius 3 is 2.85 bits per heavy atom. The molecule has 0 saturated heterocycles. The van der Waals surface area contributed by atoms with Crippen molar-refractivity contribution < 1.29 is 22.5 Å². The predicted octanol–water partition coefficient (Wildman–Crippen LogP) is 3.43. The molecule has 8 nitrogen and oxygen atoms in total. The third-order valence-corrected chi connectivity index (χ3v) is 6.22. The summed E-state index contributed by atoms with van der Waals surface area (Å²) < 4.78 is 37.2. The molecule has 0 fully saturated rings. The van der Waals surface area contributed by atoms with Gasteiger partial charge in [-0.2, -0.15) is 0 Å². The highest BCUT2D eigenvalue weighted by atomic mass is 35.5. The number of rotatable bonds is 6. The standard InChI is InChI=1S/C15H12ClN3O5S2/c1-2-23-15(20)10-7-11(24-18-10)12-4-6-14(25-12)26(21,22)19-13-5-3-9(16)8-17-13/h3-8H,2H2,1H3,(H,17,19).